The molecule has 0 bridgehead atoms. The summed E-state index contributed by atoms with van der Waals surface area (Å²) in [6, 6.07) is 58.2. The highest BCUT2D eigenvalue weighted by molar-refractivity contribution is 6.26. The lowest BCUT2D eigenvalue weighted by atomic mass is 10.0. The fourth-order valence-electron chi connectivity index (χ4n) is 7.60. The van der Waals surface area contributed by atoms with Crippen LogP contribution in [0.4, 0.5) is 0 Å². The van der Waals surface area contributed by atoms with Crippen LogP contribution in [-0.4, -0.2) is 24.1 Å². The number of benzene rings is 6. The van der Waals surface area contributed by atoms with Crippen molar-refractivity contribution in [2.24, 2.45) is 0 Å². The van der Waals surface area contributed by atoms with Gasteiger partial charge in [0.2, 0.25) is 0 Å². The molecule has 4 aromatic heterocycles. The molecular weight excluding hydrogens is 637 g/mol. The molecule has 0 saturated heterocycles. The minimum atomic E-state index is 0.497. The molecule has 0 saturated carbocycles. The molecule has 0 aliphatic carbocycles. The Bertz CT molecular complexity index is 3020. The number of hydrogen-bond acceptors (Lipinski definition) is 4. The van der Waals surface area contributed by atoms with Gasteiger partial charge in [-0.1, -0.05) is 103 Å². The summed E-state index contributed by atoms with van der Waals surface area (Å²) in [7, 11) is 0. The molecule has 0 atom stereocenters. The highest BCUT2D eigenvalue weighted by atomic mass is 15.1. The number of aromatic nitrogens is 5. The maximum Gasteiger partial charge on any atom is 0.161 e. The van der Waals surface area contributed by atoms with Gasteiger partial charge in [-0.3, -0.25) is 4.57 Å². The first-order chi connectivity index (χ1) is 25.8. The molecule has 6 aromatic carbocycles. The van der Waals surface area contributed by atoms with Crippen LogP contribution in [0.3, 0.4) is 0 Å². The topological polar surface area (TPSA) is 72.3 Å². The summed E-state index contributed by atoms with van der Waals surface area (Å²) in [5, 5.41) is 14.6. The number of pyridine rings is 1. The lowest BCUT2D eigenvalue weighted by Gasteiger charge is -2.15. The Morgan fingerprint density at radius 3 is 2.06 bits per heavy atom. The molecule has 0 aliphatic heterocycles. The third-order valence-electron chi connectivity index (χ3n) is 9.84. The Balaban J connectivity index is 1.32. The van der Waals surface area contributed by atoms with Crippen LogP contribution in [0.5, 0.6) is 0 Å². The molecule has 0 aliphatic rings. The molecule has 6 heteroatoms. The quantitative estimate of drug-likeness (QED) is 0.184. The molecular formula is C46H28N6. The largest absolute Gasteiger partial charge is 0.309 e. The van der Waals surface area contributed by atoms with E-state index in [0.29, 0.717) is 17.0 Å². The van der Waals surface area contributed by atoms with E-state index in [1.54, 1.807) is 0 Å². The van der Waals surface area contributed by atoms with Gasteiger partial charge in [-0.2, -0.15) is 5.26 Å². The van der Waals surface area contributed by atoms with Gasteiger partial charge in [-0.05, 0) is 60.7 Å². The first-order valence-electron chi connectivity index (χ1n) is 17.2. The third kappa shape index (κ3) is 4.54. The second-order valence-corrected chi connectivity index (χ2v) is 12.8. The Labute approximate surface area is 299 Å². The van der Waals surface area contributed by atoms with Gasteiger partial charge in [-0.25, -0.2) is 15.0 Å². The molecule has 0 radical (unpaired) electrons. The van der Waals surface area contributed by atoms with E-state index in [9.17, 15) is 5.26 Å². The highest BCUT2D eigenvalue weighted by Crippen LogP contribution is 2.43. The van der Waals surface area contributed by atoms with Crippen LogP contribution in [0.2, 0.25) is 0 Å². The fraction of sp³-hybridized carbons (Fsp3) is 0. The molecule has 0 fully saturated rings. The Morgan fingerprint density at radius 2 is 1.21 bits per heavy atom. The van der Waals surface area contributed by atoms with E-state index in [1.165, 1.54) is 0 Å². The zero-order valence-electron chi connectivity index (χ0n) is 27.8. The van der Waals surface area contributed by atoms with Crippen LogP contribution >= 0.6 is 0 Å². The summed E-state index contributed by atoms with van der Waals surface area (Å²) in [4.78, 5) is 15.2. The normalized spacial score (nSPS) is 11.4. The van der Waals surface area contributed by atoms with Crippen molar-refractivity contribution in [2.45, 2.75) is 0 Å². The number of hydrogen-bond donors (Lipinski definition) is 0. The second-order valence-electron chi connectivity index (χ2n) is 12.8. The lowest BCUT2D eigenvalue weighted by molar-refractivity contribution is 1.13. The maximum atomic E-state index is 10.0. The summed E-state index contributed by atoms with van der Waals surface area (Å²) in [6.45, 7) is 0. The van der Waals surface area contributed by atoms with E-state index in [4.69, 9.17) is 15.0 Å². The van der Waals surface area contributed by atoms with Crippen molar-refractivity contribution in [1.82, 2.24) is 24.1 Å². The zero-order chi connectivity index (χ0) is 34.6. The summed E-state index contributed by atoms with van der Waals surface area (Å²) < 4.78 is 4.65. The molecule has 6 nitrogen and oxygen atoms in total. The van der Waals surface area contributed by atoms with Gasteiger partial charge in [0.05, 0.1) is 45.3 Å². The summed E-state index contributed by atoms with van der Waals surface area (Å²) in [5.41, 5.74) is 10.9. The van der Waals surface area contributed by atoms with Crippen molar-refractivity contribution in [3.63, 3.8) is 0 Å². The molecule has 0 spiro atoms. The Morgan fingerprint density at radius 1 is 0.519 bits per heavy atom. The minimum absolute atomic E-state index is 0.497. The first kappa shape index (κ1) is 29.5. The van der Waals surface area contributed by atoms with Crippen molar-refractivity contribution in [2.75, 3.05) is 0 Å². The zero-order valence-corrected chi connectivity index (χ0v) is 27.8. The second kappa shape index (κ2) is 11.9. The van der Waals surface area contributed by atoms with Gasteiger partial charge in [0.1, 0.15) is 5.65 Å². The smallest absolute Gasteiger partial charge is 0.161 e. The highest BCUT2D eigenvalue weighted by Gasteiger charge is 2.23. The molecule has 242 valence electrons. The van der Waals surface area contributed by atoms with E-state index in [0.717, 1.165) is 77.6 Å². The average molecular weight is 665 g/mol. The lowest BCUT2D eigenvalue weighted by Crippen LogP contribution is -2.02. The predicted molar refractivity (Wildman–Crippen MR) is 210 cm³/mol. The molecule has 10 rings (SSSR count). The van der Waals surface area contributed by atoms with Crippen LogP contribution in [0.15, 0.2) is 170 Å². The van der Waals surface area contributed by atoms with Gasteiger partial charge < -0.3 is 4.57 Å². The molecule has 4 heterocycles. The van der Waals surface area contributed by atoms with E-state index >= 15 is 0 Å². The Hall–Kier alpha value is -7.36. The average Bonchev–Trinajstić information content (AvgIpc) is 3.74. The summed E-state index contributed by atoms with van der Waals surface area (Å²) in [6.07, 6.45) is 1.86. The minimum Gasteiger partial charge on any atom is -0.309 e. The van der Waals surface area contributed by atoms with Crippen molar-refractivity contribution >= 4 is 43.7 Å². The number of nitriles is 1. The van der Waals surface area contributed by atoms with E-state index in [2.05, 4.69) is 106 Å². The Kier molecular flexibility index (Phi) is 6.76. The van der Waals surface area contributed by atoms with Crippen LogP contribution < -0.4 is 0 Å². The van der Waals surface area contributed by atoms with Crippen LogP contribution in [0, 0.1) is 11.3 Å². The van der Waals surface area contributed by atoms with Crippen molar-refractivity contribution < 1.29 is 0 Å². The standard InChI is InChI=1S/C46H28N6/c47-29-31-16-7-8-19-33(31)45-49-38(30-14-3-1-4-15-30)28-39(50-45)36-20-9-11-23-40(36)52-44-34(35-22-13-27-48-46(35)52)25-26-42-43(44)37-21-10-12-24-41(37)51(42)32-17-5-2-6-18-32/h1-28H. The van der Waals surface area contributed by atoms with Crippen LogP contribution in [-0.2, 0) is 0 Å². The number of rotatable bonds is 5. The molecule has 0 amide bonds. The monoisotopic (exact) mass is 664 g/mol. The van der Waals surface area contributed by atoms with E-state index < -0.39 is 0 Å². The number of nitrogens with zero attached hydrogens (tertiary/aromatic N) is 6. The molecule has 0 unspecified atom stereocenters. The van der Waals surface area contributed by atoms with E-state index in [1.807, 2.05) is 79.0 Å². The van der Waals surface area contributed by atoms with Gasteiger partial charge >= 0.3 is 0 Å². The summed E-state index contributed by atoms with van der Waals surface area (Å²) >= 11 is 0. The van der Waals surface area contributed by atoms with E-state index in [-0.39, 0.29) is 0 Å². The fourth-order valence-corrected chi connectivity index (χ4v) is 7.60. The van der Waals surface area contributed by atoms with Crippen molar-refractivity contribution in [3.05, 3.63) is 176 Å². The van der Waals surface area contributed by atoms with Gasteiger partial charge in [-0.15, -0.1) is 0 Å². The third-order valence-corrected chi connectivity index (χ3v) is 9.84. The van der Waals surface area contributed by atoms with Crippen LogP contribution in [0.25, 0.3) is 89.0 Å². The van der Waals surface area contributed by atoms with Crippen LogP contribution in [0.1, 0.15) is 5.56 Å². The number of para-hydroxylation sites is 3. The van der Waals surface area contributed by atoms with Gasteiger partial charge in [0.15, 0.2) is 5.82 Å². The summed E-state index contributed by atoms with van der Waals surface area (Å²) in [5.74, 6) is 0.497. The maximum absolute atomic E-state index is 10.0. The SMILES string of the molecule is N#Cc1ccccc1-c1nc(-c2ccccc2)cc(-c2ccccc2-n2c3ncccc3c3ccc4c(c5ccccc5n4-c4ccccc4)c32)n1. The number of fused-ring (bicyclic) bond motifs is 7. The first-order valence-corrected chi connectivity index (χ1v) is 17.2. The van der Waals surface area contributed by atoms with Gasteiger partial charge in [0, 0.05) is 50.1 Å². The molecule has 52 heavy (non-hydrogen) atoms. The predicted octanol–water partition coefficient (Wildman–Crippen LogP) is 10.9. The van der Waals surface area contributed by atoms with Crippen molar-refractivity contribution in [1.29, 1.82) is 5.26 Å². The molecule has 0 N–H and O–H groups in total. The van der Waals surface area contributed by atoms with Crippen molar-refractivity contribution in [3.8, 4) is 51.3 Å². The van der Waals surface area contributed by atoms with Gasteiger partial charge in [0.25, 0.3) is 0 Å². The molecule has 10 aromatic rings.